The Hall–Kier alpha value is -3.62. The van der Waals surface area contributed by atoms with Crippen molar-refractivity contribution in [1.82, 2.24) is 9.97 Å². The van der Waals surface area contributed by atoms with Crippen LogP contribution < -0.4 is 4.40 Å². The first-order valence-electron chi connectivity index (χ1n) is 16.1. The van der Waals surface area contributed by atoms with Crippen LogP contribution in [-0.4, -0.2) is 23.2 Å². The van der Waals surface area contributed by atoms with Gasteiger partial charge in [0.15, 0.2) is 0 Å². The molecule has 0 aliphatic heterocycles. The third kappa shape index (κ3) is 8.24. The van der Waals surface area contributed by atoms with E-state index in [0.717, 1.165) is 55.0 Å². The topological polar surface area (TPSA) is 25.8 Å². The number of hydrogen-bond acceptors (Lipinski definition) is 3. The van der Waals surface area contributed by atoms with E-state index >= 15 is 0 Å². The van der Waals surface area contributed by atoms with Crippen LogP contribution >= 0.6 is 11.3 Å². The summed E-state index contributed by atoms with van der Waals surface area (Å²) in [7, 11) is 0. The molecule has 2 nitrogen and oxygen atoms in total. The molecule has 0 saturated heterocycles. The molecule has 1 atom stereocenters. The molecule has 0 aliphatic carbocycles. The van der Waals surface area contributed by atoms with E-state index in [-0.39, 0.29) is 20.1 Å². The van der Waals surface area contributed by atoms with Crippen molar-refractivity contribution in [3.8, 4) is 22.5 Å². The summed E-state index contributed by atoms with van der Waals surface area (Å²) in [5.41, 5.74) is 5.52. The number of thiophene rings is 1. The number of benzene rings is 4. The summed E-state index contributed by atoms with van der Waals surface area (Å²) in [6, 6.07) is 37.8. The van der Waals surface area contributed by atoms with Crippen LogP contribution in [0.2, 0.25) is 17.3 Å². The second-order valence-corrected chi connectivity index (χ2v) is 24.4. The maximum atomic E-state index is 13.2. The zero-order valence-corrected chi connectivity index (χ0v) is 33.0. The van der Waals surface area contributed by atoms with Gasteiger partial charge in [0.2, 0.25) is 0 Å². The molecule has 0 spiro atoms. The van der Waals surface area contributed by atoms with Gasteiger partial charge in [-0.1, -0.05) is 48.7 Å². The van der Waals surface area contributed by atoms with Crippen molar-refractivity contribution in [2.24, 2.45) is 0 Å². The standard InChI is InChI=1S/C27H19F3NS.C14H16GeN.Ir/c1-16-6-3-4-7-20(16)17(2)18-12-13-31-24(14-18)23-9-5-8-22-21-11-10-19(27(28,29)30)15-25(21)32-26(22)23;1-15(2,3)13-9-10-14(16-11-13)12-7-5-4-6-8-12;/h3-8,10-15,17H,1-2H3;4-7,9-11H,1-3H3;/q2*-1;/i17D;;. The van der Waals surface area contributed by atoms with E-state index in [9.17, 15) is 13.2 Å². The summed E-state index contributed by atoms with van der Waals surface area (Å²) in [4.78, 5) is 9.06. The Kier molecular flexibility index (Phi) is 10.9. The van der Waals surface area contributed by atoms with E-state index in [1.165, 1.54) is 27.9 Å². The summed E-state index contributed by atoms with van der Waals surface area (Å²) in [6.07, 6.45) is -0.670. The van der Waals surface area contributed by atoms with E-state index in [2.05, 4.69) is 51.5 Å². The van der Waals surface area contributed by atoms with Crippen LogP contribution in [0.4, 0.5) is 13.2 Å². The number of alkyl halides is 3. The van der Waals surface area contributed by atoms with Gasteiger partial charge in [0.25, 0.3) is 0 Å². The van der Waals surface area contributed by atoms with Crippen LogP contribution in [0.1, 0.15) is 36.4 Å². The minimum absolute atomic E-state index is 0. The van der Waals surface area contributed by atoms with Gasteiger partial charge >= 0.3 is 106 Å². The normalized spacial score (nSPS) is 13.2. The van der Waals surface area contributed by atoms with Crippen molar-refractivity contribution >= 4 is 49.2 Å². The van der Waals surface area contributed by atoms with Gasteiger partial charge in [-0.2, -0.15) is 24.5 Å². The van der Waals surface area contributed by atoms with Gasteiger partial charge in [-0.05, 0) is 57.6 Å². The fraction of sp³-hybridized carbons (Fsp3) is 0.171. The summed E-state index contributed by atoms with van der Waals surface area (Å²) in [5, 5.41) is 1.65. The Labute approximate surface area is 307 Å². The molecule has 1 unspecified atom stereocenters. The van der Waals surface area contributed by atoms with Crippen molar-refractivity contribution in [2.75, 3.05) is 0 Å². The average molecular weight is 911 g/mol. The predicted octanol–water partition coefficient (Wildman–Crippen LogP) is 11.5. The molecule has 3 heterocycles. The van der Waals surface area contributed by atoms with Crippen LogP contribution in [0, 0.1) is 19.1 Å². The molecule has 0 bridgehead atoms. The van der Waals surface area contributed by atoms with Gasteiger partial charge in [0.05, 0.1) is 5.56 Å². The molecule has 7 rings (SSSR count). The molecule has 1 radical (unpaired) electrons. The molecule has 0 fully saturated rings. The van der Waals surface area contributed by atoms with Gasteiger partial charge in [-0.25, -0.2) is 0 Å². The van der Waals surface area contributed by atoms with E-state index in [1.54, 1.807) is 12.3 Å². The number of halogens is 3. The molecule has 251 valence electrons. The fourth-order valence-corrected chi connectivity index (χ4v) is 9.03. The Balaban J connectivity index is 0.000000241. The number of fused-ring (bicyclic) bond motifs is 3. The molecular weight excluding hydrogens is 874 g/mol. The molecule has 8 heteroatoms. The van der Waals surface area contributed by atoms with Crippen molar-refractivity contribution in [3.63, 3.8) is 0 Å². The van der Waals surface area contributed by atoms with E-state index in [4.69, 9.17) is 1.37 Å². The molecular formula is C41H35F3GeIrN2S-2. The van der Waals surface area contributed by atoms with Crippen molar-refractivity contribution in [2.45, 2.75) is 43.2 Å². The van der Waals surface area contributed by atoms with Gasteiger partial charge < -0.3 is 4.98 Å². The summed E-state index contributed by atoms with van der Waals surface area (Å²) >= 11 is -0.408. The summed E-state index contributed by atoms with van der Waals surface area (Å²) in [6.45, 7) is 3.85. The second kappa shape index (κ2) is 15.1. The largest absolute Gasteiger partial charge is 0 e. The number of nitrogens with zero attached hydrogens (tertiary/aromatic N) is 2. The van der Waals surface area contributed by atoms with Crippen LogP contribution in [-0.2, 0) is 26.3 Å². The summed E-state index contributed by atoms with van der Waals surface area (Å²) in [5.74, 6) is 6.15. The van der Waals surface area contributed by atoms with Crippen molar-refractivity contribution < 1.29 is 34.6 Å². The fourth-order valence-electron chi connectivity index (χ4n) is 5.61. The maximum absolute atomic E-state index is 13.2. The zero-order chi connectivity index (χ0) is 35.0. The van der Waals surface area contributed by atoms with Crippen molar-refractivity contribution in [1.29, 1.82) is 0 Å². The van der Waals surface area contributed by atoms with Gasteiger partial charge in [-0.15, -0.1) is 23.8 Å². The van der Waals surface area contributed by atoms with Crippen LogP contribution in [0.5, 0.6) is 0 Å². The Morgan fingerprint density at radius 1 is 0.816 bits per heavy atom. The first-order chi connectivity index (χ1) is 23.2. The molecule has 0 amide bonds. The number of aromatic nitrogens is 2. The van der Waals surface area contributed by atoms with Gasteiger partial charge in [0.1, 0.15) is 0 Å². The third-order valence-electron chi connectivity index (χ3n) is 8.37. The molecule has 0 N–H and O–H groups in total. The molecule has 49 heavy (non-hydrogen) atoms. The number of hydrogen-bond donors (Lipinski definition) is 0. The monoisotopic (exact) mass is 912 g/mol. The smallest absolute Gasteiger partial charge is 0 e. The van der Waals surface area contributed by atoms with Crippen molar-refractivity contribution in [3.05, 3.63) is 150 Å². The van der Waals surface area contributed by atoms with E-state index < -0.39 is 30.9 Å². The molecule has 0 aliphatic rings. The second-order valence-electron chi connectivity index (χ2n) is 12.7. The average Bonchev–Trinajstić information content (AvgIpc) is 3.47. The third-order valence-corrected chi connectivity index (χ3v) is 13.8. The first-order valence-corrected chi connectivity index (χ1v) is 23.8. The Morgan fingerprint density at radius 2 is 1.59 bits per heavy atom. The van der Waals surface area contributed by atoms with Crippen LogP contribution in [0.3, 0.4) is 0 Å². The molecule has 0 saturated carbocycles. The first kappa shape index (κ1) is 35.2. The van der Waals surface area contributed by atoms with Crippen LogP contribution in [0.15, 0.2) is 116 Å². The SMILES string of the molecule is [2H]C(C)(c1ccnc(-c2[c-]ccc3c2sc2cc(C(F)(F)F)ccc23)c1)c1ccccc1C.[CH3][Ge]([CH3])([CH3])[c]1ccc(-c2[c-]cccc2)nc1.[Ir]. The minimum Gasteiger partial charge on any atom is 0 e. The van der Waals surface area contributed by atoms with Crippen LogP contribution in [0.25, 0.3) is 42.7 Å². The molecule has 4 aromatic carbocycles. The van der Waals surface area contributed by atoms with E-state index in [0.29, 0.717) is 10.4 Å². The predicted molar refractivity (Wildman–Crippen MR) is 197 cm³/mol. The maximum Gasteiger partial charge on any atom is 0 e. The molecule has 7 aromatic rings. The quantitative estimate of drug-likeness (QED) is 0.127. The molecule has 3 aromatic heterocycles. The zero-order valence-electron chi connectivity index (χ0n) is 28.7. The minimum atomic E-state index is -4.39. The number of aryl methyl sites for hydroxylation is 1. The summed E-state index contributed by atoms with van der Waals surface area (Å²) < 4.78 is 51.6. The number of rotatable bonds is 5. The number of pyridine rings is 2. The van der Waals surface area contributed by atoms with Gasteiger partial charge in [0, 0.05) is 38.3 Å². The Morgan fingerprint density at radius 3 is 2.27 bits per heavy atom. The Bertz CT molecular complexity index is 2250. The van der Waals surface area contributed by atoms with Gasteiger partial charge in [-0.3, -0.25) is 0 Å². The van der Waals surface area contributed by atoms with E-state index in [1.807, 2.05) is 86.8 Å².